The van der Waals surface area contributed by atoms with Gasteiger partial charge in [0.05, 0.1) is 11.3 Å². The van der Waals surface area contributed by atoms with E-state index in [0.717, 1.165) is 19.6 Å². The minimum atomic E-state index is -1.00. The van der Waals surface area contributed by atoms with E-state index in [9.17, 15) is 9.50 Å². The molecular formula is C14H21FN2O. The van der Waals surface area contributed by atoms with Gasteiger partial charge in [-0.3, -0.25) is 0 Å². The summed E-state index contributed by atoms with van der Waals surface area (Å²) in [6.45, 7) is 7.90. The fourth-order valence-corrected chi connectivity index (χ4v) is 2.30. The minimum absolute atomic E-state index is 0.260. The van der Waals surface area contributed by atoms with Crippen LogP contribution in [0.4, 0.5) is 10.1 Å². The standard InChI is InChI=1S/C14H21FN2O/c1-10-9-17(7-6-16-10)13-5-4-11(8-12(13)15)14(2,3)18/h4-5,8,10,16,18H,6-7,9H2,1-3H3/t10-/m1/s1. The van der Waals surface area contributed by atoms with Gasteiger partial charge in [-0.15, -0.1) is 0 Å². The lowest BCUT2D eigenvalue weighted by Crippen LogP contribution is -2.49. The molecule has 0 spiro atoms. The van der Waals surface area contributed by atoms with Crippen molar-refractivity contribution in [2.45, 2.75) is 32.4 Å². The van der Waals surface area contributed by atoms with E-state index in [1.807, 2.05) is 4.90 Å². The highest BCUT2D eigenvalue weighted by atomic mass is 19.1. The number of hydrogen-bond acceptors (Lipinski definition) is 3. The van der Waals surface area contributed by atoms with Gasteiger partial charge in [-0.05, 0) is 38.5 Å². The van der Waals surface area contributed by atoms with Crippen molar-refractivity contribution < 1.29 is 9.50 Å². The number of anilines is 1. The summed E-state index contributed by atoms with van der Waals surface area (Å²) in [5, 5.41) is 13.2. The summed E-state index contributed by atoms with van der Waals surface area (Å²) >= 11 is 0. The summed E-state index contributed by atoms with van der Waals surface area (Å²) in [4.78, 5) is 2.05. The first-order chi connectivity index (χ1) is 8.38. The van der Waals surface area contributed by atoms with Crippen LogP contribution in [0, 0.1) is 5.82 Å². The van der Waals surface area contributed by atoms with Crippen LogP contribution in [0.3, 0.4) is 0 Å². The van der Waals surface area contributed by atoms with Crippen LogP contribution in [0.25, 0.3) is 0 Å². The maximum Gasteiger partial charge on any atom is 0.146 e. The predicted molar refractivity (Wildman–Crippen MR) is 71.3 cm³/mol. The van der Waals surface area contributed by atoms with Gasteiger partial charge in [0.1, 0.15) is 5.82 Å². The lowest BCUT2D eigenvalue weighted by molar-refractivity contribution is 0.0782. The molecule has 1 atom stereocenters. The lowest BCUT2D eigenvalue weighted by atomic mass is 9.98. The van der Waals surface area contributed by atoms with Crippen LogP contribution >= 0.6 is 0 Å². The van der Waals surface area contributed by atoms with Gasteiger partial charge >= 0.3 is 0 Å². The van der Waals surface area contributed by atoms with Gasteiger partial charge in [0.2, 0.25) is 0 Å². The molecule has 1 aromatic carbocycles. The van der Waals surface area contributed by atoms with Crippen molar-refractivity contribution in [2.75, 3.05) is 24.5 Å². The second-order valence-electron chi connectivity index (χ2n) is 5.53. The predicted octanol–water partition coefficient (Wildman–Crippen LogP) is 1.85. The number of rotatable bonds is 2. The molecular weight excluding hydrogens is 231 g/mol. The number of nitrogens with zero attached hydrogens (tertiary/aromatic N) is 1. The molecule has 100 valence electrons. The number of aliphatic hydroxyl groups is 1. The summed E-state index contributed by atoms with van der Waals surface area (Å²) < 4.78 is 14.1. The van der Waals surface area contributed by atoms with E-state index in [0.29, 0.717) is 17.3 Å². The van der Waals surface area contributed by atoms with E-state index in [4.69, 9.17) is 0 Å². The molecule has 1 heterocycles. The van der Waals surface area contributed by atoms with E-state index < -0.39 is 5.60 Å². The van der Waals surface area contributed by atoms with Crippen LogP contribution in [-0.2, 0) is 5.60 Å². The summed E-state index contributed by atoms with van der Waals surface area (Å²) in [6, 6.07) is 5.36. The molecule has 1 aliphatic heterocycles. The molecule has 4 heteroatoms. The van der Waals surface area contributed by atoms with Crippen LogP contribution < -0.4 is 10.2 Å². The molecule has 2 rings (SSSR count). The molecule has 0 bridgehead atoms. The molecule has 1 aliphatic rings. The third-order valence-electron chi connectivity index (χ3n) is 3.36. The highest BCUT2D eigenvalue weighted by Gasteiger charge is 2.21. The molecule has 0 radical (unpaired) electrons. The second-order valence-corrected chi connectivity index (χ2v) is 5.53. The number of piperazine rings is 1. The van der Waals surface area contributed by atoms with Crippen molar-refractivity contribution in [3.63, 3.8) is 0 Å². The van der Waals surface area contributed by atoms with Crippen molar-refractivity contribution in [1.29, 1.82) is 0 Å². The Kier molecular flexibility index (Phi) is 3.59. The molecule has 0 unspecified atom stereocenters. The van der Waals surface area contributed by atoms with E-state index in [1.165, 1.54) is 6.07 Å². The molecule has 1 saturated heterocycles. The molecule has 3 nitrogen and oxygen atoms in total. The largest absolute Gasteiger partial charge is 0.386 e. The first-order valence-corrected chi connectivity index (χ1v) is 6.38. The average Bonchev–Trinajstić information content (AvgIpc) is 2.27. The fourth-order valence-electron chi connectivity index (χ4n) is 2.30. The van der Waals surface area contributed by atoms with Crippen LogP contribution in [0.2, 0.25) is 0 Å². The van der Waals surface area contributed by atoms with E-state index in [-0.39, 0.29) is 5.82 Å². The van der Waals surface area contributed by atoms with Gasteiger partial charge in [-0.1, -0.05) is 6.07 Å². The SMILES string of the molecule is C[C@@H]1CN(c2ccc(C(C)(C)O)cc2F)CCN1. The van der Waals surface area contributed by atoms with Crippen molar-refractivity contribution >= 4 is 5.69 Å². The highest BCUT2D eigenvalue weighted by Crippen LogP contribution is 2.26. The van der Waals surface area contributed by atoms with Gasteiger partial charge < -0.3 is 15.3 Å². The summed E-state index contributed by atoms with van der Waals surface area (Å²) in [5.74, 6) is -0.260. The molecule has 0 saturated carbocycles. The smallest absolute Gasteiger partial charge is 0.146 e. The number of nitrogens with one attached hydrogen (secondary N) is 1. The first kappa shape index (κ1) is 13.3. The van der Waals surface area contributed by atoms with Crippen molar-refractivity contribution in [3.05, 3.63) is 29.6 Å². The second kappa shape index (κ2) is 4.86. The molecule has 1 fully saturated rings. The van der Waals surface area contributed by atoms with Gasteiger partial charge in [0.15, 0.2) is 0 Å². The van der Waals surface area contributed by atoms with Crippen LogP contribution in [-0.4, -0.2) is 30.8 Å². The number of halogens is 1. The van der Waals surface area contributed by atoms with Crippen molar-refractivity contribution in [2.24, 2.45) is 0 Å². The summed E-state index contributed by atoms with van der Waals surface area (Å²) in [7, 11) is 0. The van der Waals surface area contributed by atoms with Gasteiger partial charge in [0, 0.05) is 25.7 Å². The Morgan fingerprint density at radius 2 is 2.17 bits per heavy atom. The van der Waals surface area contributed by atoms with E-state index in [1.54, 1.807) is 26.0 Å². The Morgan fingerprint density at radius 3 is 2.72 bits per heavy atom. The Balaban J connectivity index is 2.24. The van der Waals surface area contributed by atoms with Gasteiger partial charge in [-0.25, -0.2) is 4.39 Å². The zero-order chi connectivity index (χ0) is 13.3. The van der Waals surface area contributed by atoms with Crippen LogP contribution in [0.15, 0.2) is 18.2 Å². The van der Waals surface area contributed by atoms with Gasteiger partial charge in [0.25, 0.3) is 0 Å². The monoisotopic (exact) mass is 252 g/mol. The molecule has 0 aromatic heterocycles. The first-order valence-electron chi connectivity index (χ1n) is 6.38. The van der Waals surface area contributed by atoms with Crippen LogP contribution in [0.5, 0.6) is 0 Å². The lowest BCUT2D eigenvalue weighted by Gasteiger charge is -2.34. The number of benzene rings is 1. The Hall–Kier alpha value is -1.13. The molecule has 18 heavy (non-hydrogen) atoms. The zero-order valence-electron chi connectivity index (χ0n) is 11.2. The maximum atomic E-state index is 14.1. The van der Waals surface area contributed by atoms with E-state index in [2.05, 4.69) is 12.2 Å². The summed E-state index contributed by atoms with van der Waals surface area (Å²) in [5.41, 5.74) is 0.221. The van der Waals surface area contributed by atoms with Crippen molar-refractivity contribution in [1.82, 2.24) is 5.32 Å². The van der Waals surface area contributed by atoms with E-state index >= 15 is 0 Å². The topological polar surface area (TPSA) is 35.5 Å². The Labute approximate surface area is 108 Å². The third kappa shape index (κ3) is 2.82. The molecule has 2 N–H and O–H groups in total. The highest BCUT2D eigenvalue weighted by molar-refractivity contribution is 5.50. The number of hydrogen-bond donors (Lipinski definition) is 2. The van der Waals surface area contributed by atoms with Crippen molar-refractivity contribution in [3.8, 4) is 0 Å². The average molecular weight is 252 g/mol. The zero-order valence-corrected chi connectivity index (χ0v) is 11.2. The molecule has 0 aliphatic carbocycles. The summed E-state index contributed by atoms with van der Waals surface area (Å²) in [6.07, 6.45) is 0. The third-order valence-corrected chi connectivity index (χ3v) is 3.36. The van der Waals surface area contributed by atoms with Crippen LogP contribution in [0.1, 0.15) is 26.3 Å². The normalized spacial score (nSPS) is 21.2. The molecule has 1 aromatic rings. The fraction of sp³-hybridized carbons (Fsp3) is 0.571. The quantitative estimate of drug-likeness (QED) is 0.843. The van der Waals surface area contributed by atoms with Gasteiger partial charge in [-0.2, -0.15) is 0 Å². The minimum Gasteiger partial charge on any atom is -0.386 e. The Bertz CT molecular complexity index is 428. The Morgan fingerprint density at radius 1 is 1.44 bits per heavy atom. The molecule has 0 amide bonds. The maximum absolute atomic E-state index is 14.1.